The lowest BCUT2D eigenvalue weighted by atomic mass is 10.2. The molecule has 0 bridgehead atoms. The molecule has 0 atom stereocenters. The Labute approximate surface area is 110 Å². The van der Waals surface area contributed by atoms with E-state index in [4.69, 9.17) is 13.8 Å². The molecule has 0 aromatic rings. The molecule has 0 aliphatic rings. The van der Waals surface area contributed by atoms with Crippen LogP contribution in [0.4, 0.5) is 0 Å². The minimum absolute atomic E-state index is 0.240. The molecule has 0 heterocycles. The van der Waals surface area contributed by atoms with Crippen molar-refractivity contribution in [2.75, 3.05) is 12.8 Å². The maximum Gasteiger partial charge on any atom is 0.342 e. The highest BCUT2D eigenvalue weighted by Crippen LogP contribution is 2.54. The van der Waals surface area contributed by atoms with Crippen molar-refractivity contribution in [3.63, 3.8) is 0 Å². The zero-order valence-corrected chi connectivity index (χ0v) is 13.3. The molecule has 5 nitrogen and oxygen atoms in total. The first-order chi connectivity index (χ1) is 7.87. The summed E-state index contributed by atoms with van der Waals surface area (Å²) in [5.74, 6) is -0.575. The van der Waals surface area contributed by atoms with Gasteiger partial charge in [-0.25, -0.2) is 0 Å². The summed E-state index contributed by atoms with van der Waals surface area (Å²) in [7, 11) is -3.52. The Kier molecular flexibility index (Phi) is 6.05. The fraction of sp³-hybridized carbons (Fsp3) is 0.917. The van der Waals surface area contributed by atoms with E-state index in [1.165, 1.54) is 0 Å². The van der Waals surface area contributed by atoms with E-state index in [-0.39, 0.29) is 12.8 Å². The highest BCUT2D eigenvalue weighted by molar-refractivity contribution is 7.54. The molecule has 0 spiro atoms. The van der Waals surface area contributed by atoms with Crippen LogP contribution in [0.25, 0.3) is 0 Å². The number of hydrogen-bond acceptors (Lipinski definition) is 5. The second kappa shape index (κ2) is 6.18. The lowest BCUT2D eigenvalue weighted by Crippen LogP contribution is -2.27. The van der Waals surface area contributed by atoms with Crippen LogP contribution < -0.4 is 0 Å². The summed E-state index contributed by atoms with van der Waals surface area (Å²) in [5, 5.41) is 0. The van der Waals surface area contributed by atoms with Gasteiger partial charge in [-0.15, -0.1) is 0 Å². The number of esters is 1. The average molecular weight is 280 g/mol. The number of carbonyl (C=O) groups is 1. The van der Waals surface area contributed by atoms with Gasteiger partial charge in [-0.2, -0.15) is 0 Å². The van der Waals surface area contributed by atoms with E-state index in [1.54, 1.807) is 48.5 Å². The van der Waals surface area contributed by atoms with Gasteiger partial charge in [0.15, 0.2) is 0 Å². The maximum atomic E-state index is 12.6. The van der Waals surface area contributed by atoms with Crippen LogP contribution in [0.1, 0.15) is 48.5 Å². The first-order valence-corrected chi connectivity index (χ1v) is 7.76. The molecule has 6 heteroatoms. The smallest absolute Gasteiger partial charge is 0.342 e. The molecule has 108 valence electrons. The molecule has 0 saturated carbocycles. The molecule has 0 aliphatic carbocycles. The van der Waals surface area contributed by atoms with Gasteiger partial charge >= 0.3 is 13.6 Å². The topological polar surface area (TPSA) is 61.8 Å². The molecule has 0 fully saturated rings. The molecule has 0 saturated heterocycles. The number of rotatable bonds is 5. The summed E-state index contributed by atoms with van der Waals surface area (Å²) in [6.45, 7) is 12.5. The van der Waals surface area contributed by atoms with Crippen molar-refractivity contribution in [2.24, 2.45) is 0 Å². The molecular formula is C12H25O5P. The molecule has 0 amide bonds. The zero-order valence-electron chi connectivity index (χ0n) is 12.4. The molecule has 0 aromatic carbocycles. The Balaban J connectivity index is 4.93. The Hall–Kier alpha value is -0.380. The quantitative estimate of drug-likeness (QED) is 0.570. The molecule has 0 aliphatic heterocycles. The van der Waals surface area contributed by atoms with Crippen LogP contribution in [0.5, 0.6) is 0 Å². The van der Waals surface area contributed by atoms with Crippen molar-refractivity contribution >= 4 is 13.6 Å². The monoisotopic (exact) mass is 280 g/mol. The summed E-state index contributed by atoms with van der Waals surface area (Å²) in [4.78, 5) is 11.5. The summed E-state index contributed by atoms with van der Waals surface area (Å²) in [5.41, 5.74) is -1.32. The molecule has 0 unspecified atom stereocenters. The third-order valence-corrected chi connectivity index (χ3v) is 3.75. The van der Waals surface area contributed by atoms with E-state index < -0.39 is 24.8 Å². The molecular weight excluding hydrogens is 255 g/mol. The fourth-order valence-electron chi connectivity index (χ4n) is 1.28. The SMILES string of the molecule is CCOC(=O)CP(=O)(OC(C)(C)C)OC(C)(C)C. The van der Waals surface area contributed by atoms with Crippen LogP contribution in [0.3, 0.4) is 0 Å². The van der Waals surface area contributed by atoms with Crippen molar-refractivity contribution in [3.05, 3.63) is 0 Å². The minimum Gasteiger partial charge on any atom is -0.466 e. The number of ether oxygens (including phenoxy) is 1. The first kappa shape index (κ1) is 17.6. The largest absolute Gasteiger partial charge is 0.466 e. The van der Waals surface area contributed by atoms with Crippen LogP contribution in [-0.2, 0) is 23.1 Å². The van der Waals surface area contributed by atoms with Gasteiger partial charge in [-0.05, 0) is 48.5 Å². The van der Waals surface area contributed by atoms with Gasteiger partial charge < -0.3 is 13.8 Å². The van der Waals surface area contributed by atoms with E-state index in [2.05, 4.69) is 0 Å². The van der Waals surface area contributed by atoms with Crippen LogP contribution in [-0.4, -0.2) is 29.9 Å². The van der Waals surface area contributed by atoms with Crippen LogP contribution >= 0.6 is 7.60 Å². The third kappa shape index (κ3) is 8.67. The summed E-state index contributed by atoms with van der Waals surface area (Å²) >= 11 is 0. The minimum atomic E-state index is -3.52. The normalized spacial score (nSPS) is 13.5. The van der Waals surface area contributed by atoms with Crippen LogP contribution in [0.15, 0.2) is 0 Å². The Morgan fingerprint density at radius 3 is 1.67 bits per heavy atom. The summed E-state index contributed by atoms with van der Waals surface area (Å²) in [6.07, 6.45) is -0.366. The lowest BCUT2D eigenvalue weighted by molar-refractivity contribution is -0.140. The van der Waals surface area contributed by atoms with E-state index >= 15 is 0 Å². The lowest BCUT2D eigenvalue weighted by Gasteiger charge is -2.31. The third-order valence-electron chi connectivity index (χ3n) is 1.45. The Morgan fingerprint density at radius 2 is 1.39 bits per heavy atom. The van der Waals surface area contributed by atoms with E-state index in [0.29, 0.717) is 0 Å². The number of carbonyl (C=O) groups excluding carboxylic acids is 1. The number of hydrogen-bond donors (Lipinski definition) is 0. The second-order valence-electron chi connectivity index (χ2n) is 5.98. The summed E-state index contributed by atoms with van der Waals surface area (Å²) < 4.78 is 28.3. The van der Waals surface area contributed by atoms with E-state index in [0.717, 1.165) is 0 Å². The van der Waals surface area contributed by atoms with E-state index in [9.17, 15) is 9.36 Å². The highest BCUT2D eigenvalue weighted by atomic mass is 31.2. The van der Waals surface area contributed by atoms with Crippen LogP contribution in [0.2, 0.25) is 0 Å². The molecule has 0 radical (unpaired) electrons. The molecule has 18 heavy (non-hydrogen) atoms. The van der Waals surface area contributed by atoms with Crippen molar-refractivity contribution in [2.45, 2.75) is 59.7 Å². The Morgan fingerprint density at radius 1 is 1.00 bits per heavy atom. The Bertz CT molecular complexity index is 304. The average Bonchev–Trinajstić information content (AvgIpc) is 1.93. The van der Waals surface area contributed by atoms with Crippen molar-refractivity contribution < 1.29 is 23.1 Å². The predicted molar refractivity (Wildman–Crippen MR) is 70.8 cm³/mol. The van der Waals surface area contributed by atoms with Gasteiger partial charge in [0.05, 0.1) is 17.8 Å². The van der Waals surface area contributed by atoms with Gasteiger partial charge in [0, 0.05) is 0 Å². The van der Waals surface area contributed by atoms with Crippen molar-refractivity contribution in [1.29, 1.82) is 0 Å². The van der Waals surface area contributed by atoms with E-state index in [1.807, 2.05) is 0 Å². The van der Waals surface area contributed by atoms with Gasteiger partial charge in [0.2, 0.25) is 0 Å². The van der Waals surface area contributed by atoms with Crippen LogP contribution in [0, 0.1) is 0 Å². The van der Waals surface area contributed by atoms with Crippen molar-refractivity contribution in [1.82, 2.24) is 0 Å². The predicted octanol–water partition coefficient (Wildman–Crippen LogP) is 3.37. The standard InChI is InChI=1S/C12H25O5P/c1-8-15-10(13)9-18(14,16-11(2,3)4)17-12(5,6)7/h8-9H2,1-7H3. The first-order valence-electron chi connectivity index (χ1n) is 6.03. The maximum absolute atomic E-state index is 12.6. The van der Waals surface area contributed by atoms with Gasteiger partial charge in [0.1, 0.15) is 6.16 Å². The van der Waals surface area contributed by atoms with Crippen molar-refractivity contribution in [3.8, 4) is 0 Å². The van der Waals surface area contributed by atoms with Gasteiger partial charge in [-0.1, -0.05) is 0 Å². The zero-order chi connectivity index (χ0) is 14.6. The molecule has 0 N–H and O–H groups in total. The highest BCUT2D eigenvalue weighted by Gasteiger charge is 2.37. The van der Waals surface area contributed by atoms with Gasteiger partial charge in [-0.3, -0.25) is 9.36 Å². The van der Waals surface area contributed by atoms with Gasteiger partial charge in [0.25, 0.3) is 0 Å². The summed E-state index contributed by atoms with van der Waals surface area (Å²) in [6, 6.07) is 0. The molecule has 0 rings (SSSR count). The molecule has 0 aromatic heterocycles. The fourth-order valence-corrected chi connectivity index (χ4v) is 3.53. The second-order valence-corrected chi connectivity index (χ2v) is 7.88.